The maximum absolute atomic E-state index is 12.8. The van der Waals surface area contributed by atoms with Crippen molar-refractivity contribution < 1.29 is 4.79 Å². The van der Waals surface area contributed by atoms with Crippen LogP contribution in [0.15, 0.2) is 6.33 Å². The largest absolute Gasteiger partial charge is 0.356 e. The zero-order chi connectivity index (χ0) is 19.8. The molecular formula is C20H32ClN5OS. The molecule has 0 radical (unpaired) electrons. The molecule has 6 nitrogen and oxygen atoms in total. The average molecular weight is 426 g/mol. The van der Waals surface area contributed by atoms with Crippen molar-refractivity contribution in [3.63, 3.8) is 0 Å². The highest BCUT2D eigenvalue weighted by atomic mass is 35.5. The van der Waals surface area contributed by atoms with E-state index in [4.69, 9.17) is 5.73 Å². The fourth-order valence-electron chi connectivity index (χ4n) is 3.84. The topological polar surface area (TPSA) is 75.4 Å². The van der Waals surface area contributed by atoms with E-state index >= 15 is 0 Å². The van der Waals surface area contributed by atoms with Gasteiger partial charge in [-0.15, -0.1) is 23.7 Å². The molecule has 0 unspecified atom stereocenters. The fraction of sp³-hybridized carbons (Fsp3) is 0.650. The monoisotopic (exact) mass is 425 g/mol. The number of nitrogens with zero attached hydrogens (tertiary/aromatic N) is 4. The number of amides is 1. The molecule has 2 aromatic rings. The molecule has 2 N–H and O–H groups in total. The van der Waals surface area contributed by atoms with Gasteiger partial charge < -0.3 is 15.5 Å². The van der Waals surface area contributed by atoms with Gasteiger partial charge in [0.15, 0.2) is 0 Å². The van der Waals surface area contributed by atoms with Crippen LogP contribution in [0, 0.1) is 25.2 Å². The fourth-order valence-corrected chi connectivity index (χ4v) is 4.83. The van der Waals surface area contributed by atoms with Gasteiger partial charge in [0.05, 0.1) is 5.39 Å². The van der Waals surface area contributed by atoms with E-state index in [1.165, 1.54) is 15.8 Å². The van der Waals surface area contributed by atoms with Crippen LogP contribution < -0.4 is 10.6 Å². The standard InChI is InChI=1S/C20H31N5OS.ClH/c1-13-14(2)27-18-16(13)17(22-12-23-18)25-8-6-15(7-9-25)19(26)24(5)11-20(3,4)10-21;/h12,15H,6-11,21H2,1-5H3;1H. The molecule has 3 rings (SSSR count). The summed E-state index contributed by atoms with van der Waals surface area (Å²) < 4.78 is 0. The molecule has 2 aromatic heterocycles. The normalized spacial score (nSPS) is 15.6. The number of hydrogen-bond donors (Lipinski definition) is 1. The second-order valence-electron chi connectivity index (χ2n) is 8.48. The van der Waals surface area contributed by atoms with Crippen LogP contribution in [0.2, 0.25) is 0 Å². The number of carbonyl (C=O) groups excluding carboxylic acids is 1. The van der Waals surface area contributed by atoms with Crippen molar-refractivity contribution >= 4 is 45.7 Å². The second-order valence-corrected chi connectivity index (χ2v) is 9.69. The van der Waals surface area contributed by atoms with Gasteiger partial charge in [-0.3, -0.25) is 4.79 Å². The Morgan fingerprint density at radius 3 is 2.57 bits per heavy atom. The van der Waals surface area contributed by atoms with Gasteiger partial charge in [0, 0.05) is 37.5 Å². The van der Waals surface area contributed by atoms with Gasteiger partial charge in [-0.25, -0.2) is 9.97 Å². The predicted molar refractivity (Wildman–Crippen MR) is 120 cm³/mol. The molecule has 0 aromatic carbocycles. The van der Waals surface area contributed by atoms with Crippen molar-refractivity contribution in [3.8, 4) is 0 Å². The van der Waals surface area contributed by atoms with Crippen molar-refractivity contribution in [2.24, 2.45) is 17.1 Å². The predicted octanol–water partition coefficient (Wildman–Crippen LogP) is 3.39. The van der Waals surface area contributed by atoms with Crippen molar-refractivity contribution in [1.29, 1.82) is 0 Å². The Balaban J connectivity index is 0.00000280. The first-order chi connectivity index (χ1) is 12.7. The second kappa shape index (κ2) is 8.93. The number of thiophene rings is 1. The Morgan fingerprint density at radius 1 is 1.32 bits per heavy atom. The number of nitrogens with two attached hydrogens (primary N) is 1. The lowest BCUT2D eigenvalue weighted by Gasteiger charge is -2.36. The quantitative estimate of drug-likeness (QED) is 0.794. The average Bonchev–Trinajstić information content (AvgIpc) is 2.95. The summed E-state index contributed by atoms with van der Waals surface area (Å²) in [4.78, 5) is 28.4. The van der Waals surface area contributed by atoms with Gasteiger partial charge in [0.1, 0.15) is 17.0 Å². The Labute approximate surface area is 177 Å². The van der Waals surface area contributed by atoms with Crippen molar-refractivity contribution in [2.75, 3.05) is 38.1 Å². The molecule has 1 fully saturated rings. The minimum atomic E-state index is -0.0496. The summed E-state index contributed by atoms with van der Waals surface area (Å²) in [6, 6.07) is 0. The molecule has 1 saturated heterocycles. The zero-order valence-corrected chi connectivity index (χ0v) is 19.1. The summed E-state index contributed by atoms with van der Waals surface area (Å²) in [5.74, 6) is 1.35. The number of aromatic nitrogens is 2. The molecule has 3 heterocycles. The number of aryl methyl sites for hydroxylation is 2. The molecule has 1 aliphatic rings. The Morgan fingerprint density at radius 2 is 1.96 bits per heavy atom. The lowest BCUT2D eigenvalue weighted by atomic mass is 9.91. The number of anilines is 1. The molecule has 0 atom stereocenters. The van der Waals surface area contributed by atoms with E-state index in [1.54, 1.807) is 17.7 Å². The third kappa shape index (κ3) is 4.58. The van der Waals surface area contributed by atoms with Crippen LogP contribution in [0.5, 0.6) is 0 Å². The van der Waals surface area contributed by atoms with Gasteiger partial charge in [-0.05, 0) is 44.2 Å². The maximum Gasteiger partial charge on any atom is 0.225 e. The Hall–Kier alpha value is -1.44. The van der Waals surface area contributed by atoms with Crippen molar-refractivity contribution in [1.82, 2.24) is 14.9 Å². The maximum atomic E-state index is 12.8. The van der Waals surface area contributed by atoms with E-state index in [2.05, 4.69) is 42.6 Å². The molecular weight excluding hydrogens is 394 g/mol. The Kier molecular flexibility index (Phi) is 7.28. The van der Waals surface area contributed by atoms with E-state index < -0.39 is 0 Å². The van der Waals surface area contributed by atoms with Crippen LogP contribution in [0.25, 0.3) is 10.2 Å². The van der Waals surface area contributed by atoms with Crippen LogP contribution in [-0.2, 0) is 4.79 Å². The van der Waals surface area contributed by atoms with E-state index in [-0.39, 0.29) is 29.6 Å². The highest BCUT2D eigenvalue weighted by molar-refractivity contribution is 7.18. The van der Waals surface area contributed by atoms with Gasteiger partial charge in [-0.2, -0.15) is 0 Å². The first-order valence-electron chi connectivity index (χ1n) is 9.64. The molecule has 0 saturated carbocycles. The summed E-state index contributed by atoms with van der Waals surface area (Å²) in [5.41, 5.74) is 7.04. The molecule has 1 amide bonds. The molecule has 0 bridgehead atoms. The Bertz CT molecular complexity index is 829. The van der Waals surface area contributed by atoms with E-state index in [0.29, 0.717) is 13.1 Å². The number of fused-ring (bicyclic) bond motifs is 1. The van der Waals surface area contributed by atoms with Crippen molar-refractivity contribution in [3.05, 3.63) is 16.8 Å². The van der Waals surface area contributed by atoms with Crippen LogP contribution in [0.3, 0.4) is 0 Å². The van der Waals surface area contributed by atoms with Gasteiger partial charge in [0.25, 0.3) is 0 Å². The van der Waals surface area contributed by atoms with Crippen molar-refractivity contribution in [2.45, 2.75) is 40.5 Å². The number of halogens is 1. The summed E-state index contributed by atoms with van der Waals surface area (Å²) in [7, 11) is 1.90. The van der Waals surface area contributed by atoms with E-state index in [9.17, 15) is 4.79 Å². The minimum absolute atomic E-state index is 0. The molecule has 0 spiro atoms. The molecule has 156 valence electrons. The lowest BCUT2D eigenvalue weighted by molar-refractivity contribution is -0.136. The minimum Gasteiger partial charge on any atom is -0.356 e. The first-order valence-corrected chi connectivity index (χ1v) is 10.5. The van der Waals surface area contributed by atoms with Gasteiger partial charge in [0.2, 0.25) is 5.91 Å². The number of carbonyl (C=O) groups is 1. The number of rotatable bonds is 5. The summed E-state index contributed by atoms with van der Waals surface area (Å²) in [6.07, 6.45) is 3.38. The SMILES string of the molecule is Cc1sc2ncnc(N3CCC(C(=O)N(C)CC(C)(C)CN)CC3)c2c1C.Cl. The van der Waals surface area contributed by atoms with Crippen LogP contribution in [-0.4, -0.2) is 54.0 Å². The van der Waals surface area contributed by atoms with Gasteiger partial charge in [-0.1, -0.05) is 13.8 Å². The molecule has 1 aliphatic heterocycles. The smallest absolute Gasteiger partial charge is 0.225 e. The first kappa shape index (κ1) is 22.8. The summed E-state index contributed by atoms with van der Waals surface area (Å²) in [5, 5.41) is 1.17. The molecule has 0 aliphatic carbocycles. The van der Waals surface area contributed by atoms with Crippen LogP contribution >= 0.6 is 23.7 Å². The lowest BCUT2D eigenvalue weighted by Crippen LogP contribution is -2.45. The zero-order valence-electron chi connectivity index (χ0n) is 17.5. The van der Waals surface area contributed by atoms with E-state index in [0.717, 1.165) is 36.6 Å². The van der Waals surface area contributed by atoms with Crippen LogP contribution in [0.1, 0.15) is 37.1 Å². The molecule has 28 heavy (non-hydrogen) atoms. The highest BCUT2D eigenvalue weighted by Crippen LogP contribution is 2.35. The highest BCUT2D eigenvalue weighted by Gasteiger charge is 2.30. The summed E-state index contributed by atoms with van der Waals surface area (Å²) in [6.45, 7) is 11.5. The van der Waals surface area contributed by atoms with Gasteiger partial charge >= 0.3 is 0 Å². The van der Waals surface area contributed by atoms with E-state index in [1.807, 2.05) is 11.9 Å². The molecule has 8 heteroatoms. The number of hydrogen-bond acceptors (Lipinski definition) is 6. The summed E-state index contributed by atoms with van der Waals surface area (Å²) >= 11 is 1.72. The third-order valence-electron chi connectivity index (χ3n) is 5.68. The third-order valence-corrected chi connectivity index (χ3v) is 6.80. The van der Waals surface area contributed by atoms with Crippen LogP contribution in [0.4, 0.5) is 5.82 Å². The number of piperidine rings is 1.